The zero-order chi connectivity index (χ0) is 14.1. The molecule has 104 valence electrons. The average Bonchev–Trinajstić information content (AvgIpc) is 2.48. The van der Waals surface area contributed by atoms with E-state index in [4.69, 9.17) is 5.73 Å². The van der Waals surface area contributed by atoms with Gasteiger partial charge in [0.2, 0.25) is 0 Å². The minimum absolute atomic E-state index is 0.0176. The van der Waals surface area contributed by atoms with Crippen LogP contribution in [-0.4, -0.2) is 0 Å². The molecule has 0 atom stereocenters. The van der Waals surface area contributed by atoms with Crippen molar-refractivity contribution in [3.8, 4) is 0 Å². The van der Waals surface area contributed by atoms with Gasteiger partial charge >= 0.3 is 0 Å². The smallest absolute Gasteiger partial charge is 0.184 e. The highest BCUT2D eigenvalue weighted by Crippen LogP contribution is 2.33. The molecule has 0 saturated carbocycles. The lowest BCUT2D eigenvalue weighted by atomic mass is 9.90. The zero-order valence-corrected chi connectivity index (χ0v) is 11.0. The summed E-state index contributed by atoms with van der Waals surface area (Å²) in [5.74, 6) is -1.83. The highest BCUT2D eigenvalue weighted by atomic mass is 19.2. The van der Waals surface area contributed by atoms with Crippen LogP contribution in [0.3, 0.4) is 0 Å². The summed E-state index contributed by atoms with van der Waals surface area (Å²) in [4.78, 5) is 0. The molecule has 0 saturated heterocycles. The largest absolute Gasteiger partial charge is 0.397 e. The van der Waals surface area contributed by atoms with Crippen LogP contribution in [0, 0.1) is 11.6 Å². The number of benzene rings is 2. The van der Waals surface area contributed by atoms with E-state index < -0.39 is 11.6 Å². The lowest BCUT2D eigenvalue weighted by Gasteiger charge is -2.21. The number of hydrogen-bond donors (Lipinski definition) is 2. The molecule has 3 N–H and O–H groups in total. The van der Waals surface area contributed by atoms with Gasteiger partial charge in [0.25, 0.3) is 0 Å². The van der Waals surface area contributed by atoms with E-state index in [1.165, 1.54) is 23.6 Å². The third-order valence-electron chi connectivity index (χ3n) is 3.78. The first-order valence-electron chi connectivity index (χ1n) is 6.78. The van der Waals surface area contributed by atoms with E-state index in [-0.39, 0.29) is 11.4 Å². The molecule has 1 aliphatic rings. The van der Waals surface area contributed by atoms with Crippen LogP contribution in [0.15, 0.2) is 30.3 Å². The summed E-state index contributed by atoms with van der Waals surface area (Å²) in [5.41, 5.74) is 9.24. The maximum Gasteiger partial charge on any atom is 0.184 e. The second kappa shape index (κ2) is 5.12. The Morgan fingerprint density at radius 2 is 1.80 bits per heavy atom. The molecule has 0 aromatic heterocycles. The minimum Gasteiger partial charge on any atom is -0.397 e. The van der Waals surface area contributed by atoms with Crippen molar-refractivity contribution >= 4 is 17.1 Å². The van der Waals surface area contributed by atoms with E-state index in [1.807, 2.05) is 12.1 Å². The third-order valence-corrected chi connectivity index (χ3v) is 3.78. The number of aryl methyl sites for hydroxylation is 1. The van der Waals surface area contributed by atoms with Gasteiger partial charge in [-0.3, -0.25) is 0 Å². The van der Waals surface area contributed by atoms with Crippen molar-refractivity contribution in [1.29, 1.82) is 0 Å². The van der Waals surface area contributed by atoms with Gasteiger partial charge in [-0.25, -0.2) is 8.78 Å². The number of nitrogen functional groups attached to an aromatic ring is 1. The van der Waals surface area contributed by atoms with Gasteiger partial charge in [0.05, 0.1) is 5.69 Å². The summed E-state index contributed by atoms with van der Waals surface area (Å²) in [5, 5.41) is 2.97. The molecule has 2 aromatic carbocycles. The summed E-state index contributed by atoms with van der Waals surface area (Å²) in [6.07, 6.45) is 4.28. The highest BCUT2D eigenvalue weighted by molar-refractivity contribution is 5.75. The molecule has 2 nitrogen and oxygen atoms in total. The van der Waals surface area contributed by atoms with E-state index >= 15 is 0 Å². The quantitative estimate of drug-likeness (QED) is 0.807. The first-order valence-corrected chi connectivity index (χ1v) is 6.78. The van der Waals surface area contributed by atoms with Gasteiger partial charge in [-0.2, -0.15) is 0 Å². The van der Waals surface area contributed by atoms with Crippen molar-refractivity contribution in [2.75, 3.05) is 11.1 Å². The van der Waals surface area contributed by atoms with Gasteiger partial charge in [0, 0.05) is 5.69 Å². The van der Waals surface area contributed by atoms with E-state index in [9.17, 15) is 8.78 Å². The van der Waals surface area contributed by atoms with E-state index in [0.29, 0.717) is 0 Å². The number of fused-ring (bicyclic) bond motifs is 1. The first kappa shape index (κ1) is 12.9. The van der Waals surface area contributed by atoms with Crippen LogP contribution in [-0.2, 0) is 12.8 Å². The van der Waals surface area contributed by atoms with Crippen molar-refractivity contribution in [2.45, 2.75) is 25.7 Å². The van der Waals surface area contributed by atoms with Gasteiger partial charge in [-0.05, 0) is 55.0 Å². The Morgan fingerprint density at radius 3 is 2.65 bits per heavy atom. The maximum absolute atomic E-state index is 13.9. The molecule has 2 aromatic rings. The Kier molecular flexibility index (Phi) is 3.30. The number of nitrogens with two attached hydrogens (primary N) is 1. The van der Waals surface area contributed by atoms with Crippen molar-refractivity contribution in [3.05, 3.63) is 53.1 Å². The third kappa shape index (κ3) is 2.22. The maximum atomic E-state index is 13.9. The fourth-order valence-corrected chi connectivity index (χ4v) is 2.73. The Hall–Kier alpha value is -2.10. The standard InChI is InChI=1S/C16H16F2N2/c17-12-8-9-13(19)16(15(12)18)20-14-7-3-5-10-4-1-2-6-11(10)14/h3,5,7-9,20H,1-2,4,6,19H2. The van der Waals surface area contributed by atoms with E-state index in [0.717, 1.165) is 31.0 Å². The predicted molar refractivity (Wildman–Crippen MR) is 77.1 cm³/mol. The molecule has 0 heterocycles. The Balaban J connectivity index is 2.02. The monoisotopic (exact) mass is 274 g/mol. The minimum atomic E-state index is -0.932. The SMILES string of the molecule is Nc1ccc(F)c(F)c1Nc1cccc2c1CCCC2. The first-order chi connectivity index (χ1) is 9.66. The number of anilines is 3. The molecule has 0 fully saturated rings. The molecule has 0 unspecified atom stereocenters. The lowest BCUT2D eigenvalue weighted by molar-refractivity contribution is 0.512. The van der Waals surface area contributed by atoms with Gasteiger partial charge < -0.3 is 11.1 Å². The van der Waals surface area contributed by atoms with E-state index in [1.54, 1.807) is 0 Å². The van der Waals surface area contributed by atoms with Gasteiger partial charge in [0.1, 0.15) is 5.69 Å². The second-order valence-electron chi connectivity index (χ2n) is 5.10. The predicted octanol–water partition coefficient (Wildman–Crippen LogP) is 4.17. The van der Waals surface area contributed by atoms with Gasteiger partial charge in [0.15, 0.2) is 11.6 Å². The summed E-state index contributed by atoms with van der Waals surface area (Å²) < 4.78 is 27.2. The van der Waals surface area contributed by atoms with Crippen molar-refractivity contribution in [2.24, 2.45) is 0 Å². The van der Waals surface area contributed by atoms with E-state index in [2.05, 4.69) is 11.4 Å². The molecule has 0 bridgehead atoms. The van der Waals surface area contributed by atoms with Crippen molar-refractivity contribution < 1.29 is 8.78 Å². The summed E-state index contributed by atoms with van der Waals surface area (Å²) in [6, 6.07) is 8.31. The lowest BCUT2D eigenvalue weighted by Crippen LogP contribution is -2.08. The molecule has 0 aliphatic heterocycles. The number of nitrogens with one attached hydrogen (secondary N) is 1. The molecular formula is C16H16F2N2. The summed E-state index contributed by atoms with van der Waals surface area (Å²) >= 11 is 0. The Morgan fingerprint density at radius 1 is 1.00 bits per heavy atom. The summed E-state index contributed by atoms with van der Waals surface area (Å²) in [6.45, 7) is 0. The second-order valence-corrected chi connectivity index (χ2v) is 5.10. The molecule has 1 aliphatic carbocycles. The molecule has 3 rings (SSSR count). The number of halogens is 2. The Bertz CT molecular complexity index is 653. The topological polar surface area (TPSA) is 38.0 Å². The average molecular weight is 274 g/mol. The van der Waals surface area contributed by atoms with Gasteiger partial charge in [-0.15, -0.1) is 0 Å². The molecule has 20 heavy (non-hydrogen) atoms. The van der Waals surface area contributed by atoms with Crippen LogP contribution in [0.4, 0.5) is 25.8 Å². The fourth-order valence-electron chi connectivity index (χ4n) is 2.73. The number of hydrogen-bond acceptors (Lipinski definition) is 2. The van der Waals surface area contributed by atoms with Crippen LogP contribution in [0.2, 0.25) is 0 Å². The van der Waals surface area contributed by atoms with Crippen molar-refractivity contribution in [3.63, 3.8) is 0 Å². The van der Waals surface area contributed by atoms with Crippen LogP contribution in [0.5, 0.6) is 0 Å². The molecular weight excluding hydrogens is 258 g/mol. The zero-order valence-electron chi connectivity index (χ0n) is 11.0. The summed E-state index contributed by atoms with van der Waals surface area (Å²) in [7, 11) is 0. The van der Waals surface area contributed by atoms with Crippen LogP contribution in [0.1, 0.15) is 24.0 Å². The molecule has 4 heteroatoms. The molecule has 0 radical (unpaired) electrons. The van der Waals surface area contributed by atoms with Gasteiger partial charge in [-0.1, -0.05) is 12.1 Å². The van der Waals surface area contributed by atoms with Crippen molar-refractivity contribution in [1.82, 2.24) is 0 Å². The van der Waals surface area contributed by atoms with Crippen LogP contribution < -0.4 is 11.1 Å². The van der Waals surface area contributed by atoms with Crippen LogP contribution in [0.25, 0.3) is 0 Å². The fraction of sp³-hybridized carbons (Fsp3) is 0.250. The normalized spacial score (nSPS) is 13.9. The van der Waals surface area contributed by atoms with Crippen LogP contribution >= 0.6 is 0 Å². The number of rotatable bonds is 2. The highest BCUT2D eigenvalue weighted by Gasteiger charge is 2.16. The molecule has 0 amide bonds. The Labute approximate surface area is 116 Å². The molecule has 0 spiro atoms.